The molecule has 5 heteroatoms. The second kappa shape index (κ2) is 6.36. The average molecular weight is 330 g/mol. The topological polar surface area (TPSA) is 58.1 Å². The highest BCUT2D eigenvalue weighted by molar-refractivity contribution is 6.06. The largest absolute Gasteiger partial charge is 0.320 e. The summed E-state index contributed by atoms with van der Waals surface area (Å²) in [5, 5.41) is 3.05. The van der Waals surface area contributed by atoms with Gasteiger partial charge in [0, 0.05) is 24.5 Å². The third-order valence-corrected chi connectivity index (χ3v) is 4.32. The Labute approximate surface area is 146 Å². The summed E-state index contributed by atoms with van der Waals surface area (Å²) >= 11 is 0. The molecule has 0 fully saturated rings. The fraction of sp³-hybridized carbons (Fsp3) is 0.150. The number of para-hydroxylation sites is 1. The average Bonchev–Trinajstić information content (AvgIpc) is 3.08. The smallest absolute Gasteiger partial charge is 0.255 e. The molecule has 25 heavy (non-hydrogen) atoms. The van der Waals surface area contributed by atoms with Crippen molar-refractivity contribution in [2.45, 2.75) is 13.3 Å². The summed E-state index contributed by atoms with van der Waals surface area (Å²) in [6.45, 7) is 2.78. The highest BCUT2D eigenvalue weighted by Crippen LogP contribution is 2.38. The normalized spacial score (nSPS) is 12.8. The molecule has 0 saturated heterocycles. The van der Waals surface area contributed by atoms with E-state index in [-0.39, 0.29) is 5.91 Å². The third-order valence-electron chi connectivity index (χ3n) is 4.32. The molecular weight excluding hydrogens is 312 g/mol. The molecule has 0 spiro atoms. The molecule has 0 bridgehead atoms. The second-order valence-electron chi connectivity index (χ2n) is 6.09. The van der Waals surface area contributed by atoms with E-state index in [2.05, 4.69) is 26.3 Å². The molecule has 0 unspecified atom stereocenters. The summed E-state index contributed by atoms with van der Waals surface area (Å²) in [6.07, 6.45) is 4.37. The van der Waals surface area contributed by atoms with Gasteiger partial charge in [-0.15, -0.1) is 0 Å². The molecular formula is C20H18N4O. The van der Waals surface area contributed by atoms with Gasteiger partial charge in [-0.2, -0.15) is 0 Å². The van der Waals surface area contributed by atoms with Gasteiger partial charge in [-0.05, 0) is 43.2 Å². The molecule has 0 atom stereocenters. The van der Waals surface area contributed by atoms with Crippen LogP contribution in [0.5, 0.6) is 0 Å². The van der Waals surface area contributed by atoms with E-state index < -0.39 is 0 Å². The predicted octanol–water partition coefficient (Wildman–Crippen LogP) is 3.73. The first kappa shape index (κ1) is 15.3. The van der Waals surface area contributed by atoms with Crippen LogP contribution < -0.4 is 10.2 Å². The zero-order valence-corrected chi connectivity index (χ0v) is 13.9. The Hall–Kier alpha value is -3.21. The summed E-state index contributed by atoms with van der Waals surface area (Å²) in [5.74, 6) is 0.538. The van der Waals surface area contributed by atoms with Crippen LogP contribution >= 0.6 is 0 Å². The minimum Gasteiger partial charge on any atom is -0.320 e. The van der Waals surface area contributed by atoms with Crippen molar-refractivity contribution in [1.29, 1.82) is 0 Å². The zero-order chi connectivity index (χ0) is 17.2. The Morgan fingerprint density at radius 3 is 2.68 bits per heavy atom. The molecule has 2 heterocycles. The van der Waals surface area contributed by atoms with Crippen LogP contribution in [0.15, 0.2) is 60.9 Å². The van der Waals surface area contributed by atoms with Crippen molar-refractivity contribution in [2.24, 2.45) is 0 Å². The van der Waals surface area contributed by atoms with Crippen LogP contribution in [0.25, 0.3) is 0 Å². The van der Waals surface area contributed by atoms with Gasteiger partial charge in [-0.1, -0.05) is 29.8 Å². The van der Waals surface area contributed by atoms with Gasteiger partial charge in [0.1, 0.15) is 0 Å². The monoisotopic (exact) mass is 330 g/mol. The van der Waals surface area contributed by atoms with Crippen LogP contribution in [0.3, 0.4) is 0 Å². The summed E-state index contributed by atoms with van der Waals surface area (Å²) in [7, 11) is 0. The number of benzene rings is 2. The number of fused-ring (bicyclic) bond motifs is 1. The van der Waals surface area contributed by atoms with Crippen molar-refractivity contribution >= 4 is 23.2 Å². The first-order chi connectivity index (χ1) is 12.2. The Kier molecular flexibility index (Phi) is 3.90. The van der Waals surface area contributed by atoms with Crippen molar-refractivity contribution in [3.8, 4) is 0 Å². The van der Waals surface area contributed by atoms with Gasteiger partial charge in [0.15, 0.2) is 0 Å². The first-order valence-corrected chi connectivity index (χ1v) is 8.27. The van der Waals surface area contributed by atoms with Crippen molar-refractivity contribution in [2.75, 3.05) is 16.8 Å². The molecule has 3 aromatic rings. The van der Waals surface area contributed by atoms with Crippen LogP contribution in [-0.2, 0) is 6.42 Å². The molecule has 5 nitrogen and oxygen atoms in total. The summed E-state index contributed by atoms with van der Waals surface area (Å²) < 4.78 is 0. The Bertz CT molecular complexity index is 924. The Morgan fingerprint density at radius 2 is 1.88 bits per heavy atom. The maximum absolute atomic E-state index is 12.6. The van der Waals surface area contributed by atoms with Gasteiger partial charge in [-0.25, -0.2) is 9.97 Å². The van der Waals surface area contributed by atoms with E-state index in [0.717, 1.165) is 29.9 Å². The Balaban J connectivity index is 1.68. The van der Waals surface area contributed by atoms with E-state index in [1.165, 1.54) is 5.56 Å². The quantitative estimate of drug-likeness (QED) is 0.795. The number of carbonyl (C=O) groups is 1. The minimum absolute atomic E-state index is 0.113. The first-order valence-electron chi connectivity index (χ1n) is 8.27. The van der Waals surface area contributed by atoms with Gasteiger partial charge in [0.2, 0.25) is 5.95 Å². The number of aromatic nitrogens is 2. The fourth-order valence-corrected chi connectivity index (χ4v) is 3.17. The number of aryl methyl sites for hydroxylation is 1. The number of nitrogens with zero attached hydrogens (tertiary/aromatic N) is 3. The molecule has 124 valence electrons. The minimum atomic E-state index is -0.113. The number of nitrogens with one attached hydrogen (secondary N) is 1. The lowest BCUT2D eigenvalue weighted by atomic mass is 10.1. The van der Waals surface area contributed by atoms with Crippen molar-refractivity contribution < 1.29 is 4.79 Å². The van der Waals surface area contributed by atoms with Crippen molar-refractivity contribution in [1.82, 2.24) is 9.97 Å². The van der Waals surface area contributed by atoms with E-state index in [9.17, 15) is 4.79 Å². The standard InChI is InChI=1S/C20H18N4O/c1-14-5-2-7-16(13-14)19(25)23-17-8-3-6-15-9-12-24(18(15)17)20-21-10-4-11-22-20/h2-8,10-11,13H,9,12H2,1H3,(H,23,25). The lowest BCUT2D eigenvalue weighted by Gasteiger charge is -2.20. The molecule has 0 aliphatic carbocycles. The maximum Gasteiger partial charge on any atom is 0.255 e. The predicted molar refractivity (Wildman–Crippen MR) is 98.3 cm³/mol. The lowest BCUT2D eigenvalue weighted by molar-refractivity contribution is 0.102. The summed E-state index contributed by atoms with van der Waals surface area (Å²) in [6, 6.07) is 15.4. The second-order valence-corrected chi connectivity index (χ2v) is 6.09. The number of amides is 1. The Morgan fingerprint density at radius 1 is 1.08 bits per heavy atom. The van der Waals surface area contributed by atoms with Crippen molar-refractivity contribution in [3.63, 3.8) is 0 Å². The summed E-state index contributed by atoms with van der Waals surface area (Å²) in [4.78, 5) is 23.4. The number of hydrogen-bond acceptors (Lipinski definition) is 4. The molecule has 1 aromatic heterocycles. The molecule has 1 amide bonds. The van der Waals surface area contributed by atoms with Crippen LogP contribution in [-0.4, -0.2) is 22.4 Å². The van der Waals surface area contributed by atoms with Gasteiger partial charge < -0.3 is 10.2 Å². The maximum atomic E-state index is 12.6. The lowest BCUT2D eigenvalue weighted by Crippen LogP contribution is -2.19. The third kappa shape index (κ3) is 2.96. The van der Waals surface area contributed by atoms with Crippen LogP contribution in [0, 0.1) is 6.92 Å². The summed E-state index contributed by atoms with van der Waals surface area (Å²) in [5.41, 5.74) is 4.67. The van der Waals surface area contributed by atoms with Gasteiger partial charge in [-0.3, -0.25) is 4.79 Å². The van der Waals surface area contributed by atoms with E-state index in [0.29, 0.717) is 11.5 Å². The number of anilines is 3. The van der Waals surface area contributed by atoms with Gasteiger partial charge in [0.25, 0.3) is 5.91 Å². The van der Waals surface area contributed by atoms with E-state index in [4.69, 9.17) is 0 Å². The highest BCUT2D eigenvalue weighted by Gasteiger charge is 2.26. The molecule has 1 aliphatic rings. The fourth-order valence-electron chi connectivity index (χ4n) is 3.17. The number of hydrogen-bond donors (Lipinski definition) is 1. The molecule has 4 rings (SSSR count). The van der Waals surface area contributed by atoms with Crippen LogP contribution in [0.2, 0.25) is 0 Å². The van der Waals surface area contributed by atoms with Crippen molar-refractivity contribution in [3.05, 3.63) is 77.6 Å². The zero-order valence-electron chi connectivity index (χ0n) is 13.9. The molecule has 1 aliphatic heterocycles. The van der Waals surface area contributed by atoms with Gasteiger partial charge >= 0.3 is 0 Å². The van der Waals surface area contributed by atoms with E-state index >= 15 is 0 Å². The number of rotatable bonds is 3. The van der Waals surface area contributed by atoms with Crippen LogP contribution in [0.1, 0.15) is 21.5 Å². The molecule has 0 radical (unpaired) electrons. The molecule has 2 aromatic carbocycles. The van der Waals surface area contributed by atoms with Gasteiger partial charge in [0.05, 0.1) is 11.4 Å². The van der Waals surface area contributed by atoms with E-state index in [1.54, 1.807) is 18.5 Å². The molecule has 1 N–H and O–H groups in total. The molecule has 0 saturated carbocycles. The SMILES string of the molecule is Cc1cccc(C(=O)Nc2cccc3c2N(c2ncccn2)CC3)c1. The van der Waals surface area contributed by atoms with E-state index in [1.807, 2.05) is 43.3 Å². The highest BCUT2D eigenvalue weighted by atomic mass is 16.1. The van der Waals surface area contributed by atoms with Crippen LogP contribution in [0.4, 0.5) is 17.3 Å². The number of carbonyl (C=O) groups excluding carboxylic acids is 1.